The number of Topliss-reactive ketones (excluding diaryl/α,β-unsaturated/α-hetero) is 1. The third kappa shape index (κ3) is 3.73. The molecule has 0 aliphatic carbocycles. The van der Waals surface area contributed by atoms with E-state index in [0.717, 1.165) is 23.1 Å². The van der Waals surface area contributed by atoms with Gasteiger partial charge in [-0.25, -0.2) is 8.78 Å². The Balaban J connectivity index is 1.99. The minimum absolute atomic E-state index is 0.213. The Morgan fingerprint density at radius 3 is 2.48 bits per heavy atom. The maximum atomic E-state index is 14.7. The Morgan fingerprint density at radius 1 is 1.06 bits per heavy atom. The van der Waals surface area contributed by atoms with Crippen molar-refractivity contribution in [2.24, 2.45) is 0 Å². The van der Waals surface area contributed by atoms with Crippen molar-refractivity contribution in [3.63, 3.8) is 0 Å². The summed E-state index contributed by atoms with van der Waals surface area (Å²) in [5.74, 6) is -3.65. The average molecular weight is 450 g/mol. The van der Waals surface area contributed by atoms with Crippen molar-refractivity contribution < 1.29 is 28.2 Å². The Labute approximate surface area is 188 Å². The van der Waals surface area contributed by atoms with Gasteiger partial charge >= 0.3 is 0 Å². The van der Waals surface area contributed by atoms with Crippen LogP contribution in [-0.2, 0) is 9.59 Å². The normalized spacial score (nSPS) is 17.5. The van der Waals surface area contributed by atoms with Crippen LogP contribution in [0.2, 0.25) is 0 Å². The number of carbonyl (C=O) groups is 2. The molecule has 168 valence electrons. The van der Waals surface area contributed by atoms with E-state index in [-0.39, 0.29) is 11.3 Å². The van der Waals surface area contributed by atoms with Crippen LogP contribution in [0.25, 0.3) is 5.76 Å². The van der Waals surface area contributed by atoms with E-state index in [1.807, 2.05) is 0 Å². The summed E-state index contributed by atoms with van der Waals surface area (Å²) in [4.78, 5) is 31.2. The smallest absolute Gasteiger partial charge is 0.300 e. The van der Waals surface area contributed by atoms with Crippen LogP contribution in [0.3, 0.4) is 0 Å². The van der Waals surface area contributed by atoms with Crippen molar-refractivity contribution in [2.75, 3.05) is 12.0 Å². The third-order valence-electron chi connectivity index (χ3n) is 5.58. The molecular formula is C25H20F2N2O4. The van der Waals surface area contributed by atoms with Crippen molar-refractivity contribution in [3.05, 3.63) is 94.3 Å². The first-order chi connectivity index (χ1) is 15.7. The van der Waals surface area contributed by atoms with E-state index in [2.05, 4.69) is 4.98 Å². The molecule has 1 aromatic heterocycles. The molecule has 3 aromatic rings. The summed E-state index contributed by atoms with van der Waals surface area (Å²) in [6.07, 6.45) is 1.44. The number of methoxy groups -OCH3 is 1. The monoisotopic (exact) mass is 450 g/mol. The minimum Gasteiger partial charge on any atom is -0.507 e. The lowest BCUT2D eigenvalue weighted by atomic mass is 9.95. The number of ketones is 1. The molecule has 1 saturated heterocycles. The van der Waals surface area contributed by atoms with Crippen LogP contribution in [0.1, 0.15) is 28.4 Å². The number of benzene rings is 2. The zero-order chi connectivity index (χ0) is 23.9. The van der Waals surface area contributed by atoms with Gasteiger partial charge < -0.3 is 9.84 Å². The van der Waals surface area contributed by atoms with Crippen molar-refractivity contribution in [1.82, 2.24) is 4.98 Å². The fourth-order valence-electron chi connectivity index (χ4n) is 3.98. The van der Waals surface area contributed by atoms with Crippen molar-refractivity contribution in [1.29, 1.82) is 0 Å². The second kappa shape index (κ2) is 8.46. The largest absolute Gasteiger partial charge is 0.507 e. The molecule has 1 fully saturated rings. The quantitative estimate of drug-likeness (QED) is 0.357. The summed E-state index contributed by atoms with van der Waals surface area (Å²) in [7, 11) is 1.52. The summed E-state index contributed by atoms with van der Waals surface area (Å²) in [5, 5.41) is 11.2. The van der Waals surface area contributed by atoms with Gasteiger partial charge in [-0.3, -0.25) is 19.5 Å². The maximum absolute atomic E-state index is 14.7. The molecule has 8 heteroatoms. The molecule has 4 rings (SSSR count). The standard InChI is InChI=1S/C25H20F2N2O4/c1-13-11-20(33-3)14(2)10-16(13)23(30)21-22(18-6-4-5-9-28-18)29(25(32)24(21)31)19-12-15(26)7-8-17(19)27/h4-12,22,30H,1-3H3/b23-21+. The highest BCUT2D eigenvalue weighted by atomic mass is 19.1. The Hall–Kier alpha value is -4.07. The third-order valence-corrected chi connectivity index (χ3v) is 5.58. The maximum Gasteiger partial charge on any atom is 0.300 e. The number of aliphatic hydroxyl groups is 1. The lowest BCUT2D eigenvalue weighted by molar-refractivity contribution is -0.132. The molecule has 0 radical (unpaired) electrons. The number of aromatic nitrogens is 1. The number of halogens is 2. The predicted octanol–water partition coefficient (Wildman–Crippen LogP) is 4.61. The van der Waals surface area contributed by atoms with Crippen LogP contribution < -0.4 is 9.64 Å². The van der Waals surface area contributed by atoms with E-state index in [4.69, 9.17) is 4.74 Å². The van der Waals surface area contributed by atoms with Gasteiger partial charge in [0, 0.05) is 17.8 Å². The van der Waals surface area contributed by atoms with E-state index in [1.54, 1.807) is 44.2 Å². The molecule has 1 atom stereocenters. The van der Waals surface area contributed by atoms with Crippen LogP contribution >= 0.6 is 0 Å². The molecule has 2 aromatic carbocycles. The number of hydrogen-bond acceptors (Lipinski definition) is 5. The van der Waals surface area contributed by atoms with Gasteiger partial charge in [0.25, 0.3) is 11.7 Å². The lowest BCUT2D eigenvalue weighted by Crippen LogP contribution is -2.30. The number of rotatable bonds is 4. The molecule has 0 bridgehead atoms. The number of hydrogen-bond donors (Lipinski definition) is 1. The van der Waals surface area contributed by atoms with Crippen molar-refractivity contribution >= 4 is 23.1 Å². The molecule has 33 heavy (non-hydrogen) atoms. The van der Waals surface area contributed by atoms with Crippen LogP contribution in [0.5, 0.6) is 5.75 Å². The number of pyridine rings is 1. The van der Waals surface area contributed by atoms with Gasteiger partial charge in [0.15, 0.2) is 0 Å². The molecule has 1 unspecified atom stereocenters. The number of carbonyl (C=O) groups excluding carboxylic acids is 2. The molecule has 1 aliphatic heterocycles. The first-order valence-corrected chi connectivity index (χ1v) is 10.1. The minimum atomic E-state index is -1.26. The van der Waals surface area contributed by atoms with Gasteiger partial charge in [-0.05, 0) is 61.4 Å². The van der Waals surface area contributed by atoms with Gasteiger partial charge in [0.05, 0.1) is 24.1 Å². The highest BCUT2D eigenvalue weighted by molar-refractivity contribution is 6.51. The SMILES string of the molecule is COc1cc(C)c(/C(O)=C2\C(=O)C(=O)N(c3cc(F)ccc3F)C2c2ccccn2)cc1C. The van der Waals surface area contributed by atoms with E-state index in [0.29, 0.717) is 22.4 Å². The van der Waals surface area contributed by atoms with Gasteiger partial charge in [-0.2, -0.15) is 0 Å². The number of aryl methyl sites for hydroxylation is 2. The second-order valence-corrected chi connectivity index (χ2v) is 7.66. The fourth-order valence-corrected chi connectivity index (χ4v) is 3.98. The van der Waals surface area contributed by atoms with Crippen LogP contribution in [0.4, 0.5) is 14.5 Å². The van der Waals surface area contributed by atoms with E-state index in [1.165, 1.54) is 13.3 Å². The summed E-state index contributed by atoms with van der Waals surface area (Å²) >= 11 is 0. The van der Waals surface area contributed by atoms with Gasteiger partial charge in [0.2, 0.25) is 0 Å². The van der Waals surface area contributed by atoms with Crippen LogP contribution in [-0.4, -0.2) is 28.9 Å². The second-order valence-electron chi connectivity index (χ2n) is 7.66. The number of amides is 1. The number of nitrogens with zero attached hydrogens (tertiary/aromatic N) is 2. The molecule has 2 heterocycles. The summed E-state index contributed by atoms with van der Waals surface area (Å²) < 4.78 is 33.9. The highest BCUT2D eigenvalue weighted by Crippen LogP contribution is 2.43. The van der Waals surface area contributed by atoms with E-state index < -0.39 is 40.8 Å². The predicted molar refractivity (Wildman–Crippen MR) is 118 cm³/mol. The molecular weight excluding hydrogens is 430 g/mol. The van der Waals surface area contributed by atoms with E-state index in [9.17, 15) is 23.5 Å². The van der Waals surface area contributed by atoms with E-state index >= 15 is 0 Å². The molecule has 1 aliphatic rings. The van der Waals surface area contributed by atoms with Crippen LogP contribution in [0.15, 0.2) is 60.3 Å². The molecule has 0 saturated carbocycles. The number of anilines is 1. The summed E-state index contributed by atoms with van der Waals surface area (Å²) in [6, 6.07) is 9.49. The van der Waals surface area contributed by atoms with Gasteiger partial charge in [0.1, 0.15) is 29.2 Å². The zero-order valence-corrected chi connectivity index (χ0v) is 18.1. The van der Waals surface area contributed by atoms with Crippen molar-refractivity contribution in [3.8, 4) is 5.75 Å². The van der Waals surface area contributed by atoms with Crippen molar-refractivity contribution in [2.45, 2.75) is 19.9 Å². The molecule has 0 spiro atoms. The Bertz CT molecular complexity index is 1310. The van der Waals surface area contributed by atoms with Crippen LogP contribution in [0, 0.1) is 25.5 Å². The lowest BCUT2D eigenvalue weighted by Gasteiger charge is -2.25. The first kappa shape index (κ1) is 22.1. The molecule has 6 nitrogen and oxygen atoms in total. The number of aliphatic hydroxyl groups excluding tert-OH is 1. The molecule has 1 N–H and O–H groups in total. The highest BCUT2D eigenvalue weighted by Gasteiger charge is 2.48. The van der Waals surface area contributed by atoms with Gasteiger partial charge in [-0.1, -0.05) is 6.07 Å². The number of ether oxygens (including phenoxy) is 1. The zero-order valence-electron chi connectivity index (χ0n) is 18.1. The topological polar surface area (TPSA) is 79.7 Å². The Morgan fingerprint density at radius 2 is 1.82 bits per heavy atom. The summed E-state index contributed by atoms with van der Waals surface area (Å²) in [5.41, 5.74) is 1.13. The van der Waals surface area contributed by atoms with Gasteiger partial charge in [-0.15, -0.1) is 0 Å². The average Bonchev–Trinajstić information content (AvgIpc) is 3.07. The Kier molecular flexibility index (Phi) is 5.68. The summed E-state index contributed by atoms with van der Waals surface area (Å²) in [6.45, 7) is 3.49. The molecule has 1 amide bonds. The first-order valence-electron chi connectivity index (χ1n) is 10.1. The fraction of sp³-hybridized carbons (Fsp3) is 0.160.